The van der Waals surface area contributed by atoms with Crippen molar-refractivity contribution in [3.8, 4) is 0 Å². The lowest BCUT2D eigenvalue weighted by molar-refractivity contribution is -0.135. The summed E-state index contributed by atoms with van der Waals surface area (Å²) in [6, 6.07) is 16.7. The van der Waals surface area contributed by atoms with Crippen LogP contribution in [0.15, 0.2) is 53.6 Å². The van der Waals surface area contributed by atoms with Gasteiger partial charge in [0.15, 0.2) is 6.23 Å². The van der Waals surface area contributed by atoms with Gasteiger partial charge in [0.05, 0.1) is 5.92 Å². The summed E-state index contributed by atoms with van der Waals surface area (Å²) in [7, 11) is 0. The highest BCUT2D eigenvalue weighted by molar-refractivity contribution is 5.88. The fourth-order valence-corrected chi connectivity index (χ4v) is 5.16. The standard InChI is InChI=1S/C21H20N2O2/c1-11(2)22-23-20(24)18-16-12-7-3-4-8-13(12)17(19(18)21(23)25)15-10-6-5-9-14(15)16/h3-10,16-20,24H,1-2H3/t16?,17?,18-,19+,20-/m0/s1. The normalized spacial score (nSPS) is 31.4. The first kappa shape index (κ1) is 14.8. The fraction of sp³-hybridized carbons (Fsp3) is 0.333. The molecule has 1 fully saturated rings. The van der Waals surface area contributed by atoms with E-state index in [1.807, 2.05) is 38.1 Å². The Kier molecular flexibility index (Phi) is 2.98. The minimum atomic E-state index is -0.874. The summed E-state index contributed by atoms with van der Waals surface area (Å²) < 4.78 is 0. The molecular formula is C21H20N2O2. The van der Waals surface area contributed by atoms with Crippen molar-refractivity contribution >= 4 is 11.6 Å². The summed E-state index contributed by atoms with van der Waals surface area (Å²) in [4.78, 5) is 13.2. The van der Waals surface area contributed by atoms with Crippen LogP contribution in [0.3, 0.4) is 0 Å². The SMILES string of the molecule is CC(C)=NN1C(=O)[C@@H]2C3c4ccccc4C(c4ccccc43)[C@@H]2[C@@H]1O. The predicted molar refractivity (Wildman–Crippen MR) is 95.2 cm³/mol. The van der Waals surface area contributed by atoms with E-state index in [2.05, 4.69) is 29.4 Å². The van der Waals surface area contributed by atoms with Gasteiger partial charge in [-0.2, -0.15) is 5.10 Å². The number of carbonyl (C=O) groups excluding carboxylic acids is 1. The monoisotopic (exact) mass is 332 g/mol. The van der Waals surface area contributed by atoms with Gasteiger partial charge in [-0.1, -0.05) is 48.5 Å². The third kappa shape index (κ3) is 1.80. The number of aliphatic hydroxyl groups is 1. The Morgan fingerprint density at radius 1 is 0.920 bits per heavy atom. The smallest absolute Gasteiger partial charge is 0.249 e. The third-order valence-corrected chi connectivity index (χ3v) is 5.90. The van der Waals surface area contributed by atoms with Crippen molar-refractivity contribution in [1.29, 1.82) is 0 Å². The van der Waals surface area contributed by atoms with Crippen molar-refractivity contribution < 1.29 is 9.90 Å². The molecule has 4 heteroatoms. The van der Waals surface area contributed by atoms with Gasteiger partial charge in [-0.3, -0.25) is 4.79 Å². The summed E-state index contributed by atoms with van der Waals surface area (Å²) in [6.07, 6.45) is -0.874. The van der Waals surface area contributed by atoms with Crippen molar-refractivity contribution in [2.75, 3.05) is 0 Å². The Bertz CT molecular complexity index is 868. The van der Waals surface area contributed by atoms with Crippen molar-refractivity contribution in [2.24, 2.45) is 16.9 Å². The average Bonchev–Trinajstić information content (AvgIpc) is 2.87. The van der Waals surface area contributed by atoms with Crippen molar-refractivity contribution in [1.82, 2.24) is 5.01 Å². The van der Waals surface area contributed by atoms with Crippen molar-refractivity contribution in [2.45, 2.75) is 31.9 Å². The number of hydrazone groups is 1. The third-order valence-electron chi connectivity index (χ3n) is 5.90. The number of hydrogen-bond acceptors (Lipinski definition) is 3. The molecule has 1 heterocycles. The maximum Gasteiger partial charge on any atom is 0.249 e. The molecule has 1 saturated heterocycles. The molecule has 2 aromatic carbocycles. The zero-order valence-electron chi connectivity index (χ0n) is 14.3. The molecule has 25 heavy (non-hydrogen) atoms. The van der Waals surface area contributed by atoms with Crippen LogP contribution in [0, 0.1) is 11.8 Å². The molecular weight excluding hydrogens is 312 g/mol. The van der Waals surface area contributed by atoms with Gasteiger partial charge in [0, 0.05) is 23.5 Å². The summed E-state index contributed by atoms with van der Waals surface area (Å²) in [5.41, 5.74) is 5.73. The molecule has 2 aromatic rings. The van der Waals surface area contributed by atoms with E-state index in [-0.39, 0.29) is 29.6 Å². The first-order chi connectivity index (χ1) is 12.1. The quantitative estimate of drug-likeness (QED) is 0.816. The molecule has 1 N–H and O–H groups in total. The number of nitrogens with zero attached hydrogens (tertiary/aromatic N) is 2. The second-order valence-corrected chi connectivity index (χ2v) is 7.46. The first-order valence-electron chi connectivity index (χ1n) is 8.80. The lowest BCUT2D eigenvalue weighted by Gasteiger charge is -2.47. The second-order valence-electron chi connectivity index (χ2n) is 7.46. The van der Waals surface area contributed by atoms with Crippen LogP contribution in [0.5, 0.6) is 0 Å². The van der Waals surface area contributed by atoms with Gasteiger partial charge < -0.3 is 5.11 Å². The Balaban J connectivity index is 1.76. The topological polar surface area (TPSA) is 52.9 Å². The predicted octanol–water partition coefficient (Wildman–Crippen LogP) is 3.07. The number of benzene rings is 2. The molecule has 2 bridgehead atoms. The Hall–Kier alpha value is -2.46. The molecule has 3 atom stereocenters. The Morgan fingerprint density at radius 2 is 1.40 bits per heavy atom. The first-order valence-corrected chi connectivity index (χ1v) is 8.80. The fourth-order valence-electron chi connectivity index (χ4n) is 5.16. The zero-order chi connectivity index (χ0) is 17.3. The van der Waals surface area contributed by atoms with Crippen molar-refractivity contribution in [3.05, 3.63) is 70.8 Å². The molecule has 0 radical (unpaired) electrons. The van der Waals surface area contributed by atoms with Crippen LogP contribution < -0.4 is 0 Å². The van der Waals surface area contributed by atoms with Crippen molar-refractivity contribution in [3.63, 3.8) is 0 Å². The molecule has 0 spiro atoms. The van der Waals surface area contributed by atoms with E-state index in [1.165, 1.54) is 27.3 Å². The van der Waals surface area contributed by atoms with Crippen LogP contribution in [-0.4, -0.2) is 28.0 Å². The van der Waals surface area contributed by atoms with E-state index in [4.69, 9.17) is 0 Å². The zero-order valence-corrected chi connectivity index (χ0v) is 14.3. The minimum absolute atomic E-state index is 0.00177. The maximum absolute atomic E-state index is 13.2. The average molecular weight is 332 g/mol. The van der Waals surface area contributed by atoms with E-state index in [9.17, 15) is 9.90 Å². The molecule has 1 amide bonds. The summed E-state index contributed by atoms with van der Waals surface area (Å²) in [6.45, 7) is 3.69. The number of aliphatic hydroxyl groups excluding tert-OH is 1. The summed E-state index contributed by atoms with van der Waals surface area (Å²) in [5.74, 6) is -0.406. The van der Waals surface area contributed by atoms with Gasteiger partial charge in [0.2, 0.25) is 5.91 Å². The van der Waals surface area contributed by atoms with E-state index in [0.717, 1.165) is 5.71 Å². The van der Waals surface area contributed by atoms with Crippen LogP contribution in [-0.2, 0) is 4.79 Å². The van der Waals surface area contributed by atoms with Gasteiger partial charge in [-0.15, -0.1) is 0 Å². The number of rotatable bonds is 1. The molecule has 6 rings (SSSR count). The molecule has 3 aliphatic carbocycles. The lowest BCUT2D eigenvalue weighted by atomic mass is 9.55. The molecule has 4 nitrogen and oxygen atoms in total. The van der Waals surface area contributed by atoms with Gasteiger partial charge in [-0.05, 0) is 36.1 Å². The summed E-state index contributed by atoms with van der Waals surface area (Å²) in [5, 5.41) is 16.6. The summed E-state index contributed by atoms with van der Waals surface area (Å²) >= 11 is 0. The molecule has 0 unspecified atom stereocenters. The van der Waals surface area contributed by atoms with E-state index in [0.29, 0.717) is 0 Å². The number of hydrogen-bond donors (Lipinski definition) is 1. The second kappa shape index (κ2) is 5.02. The van der Waals surface area contributed by atoms with Crippen LogP contribution in [0.2, 0.25) is 0 Å². The van der Waals surface area contributed by atoms with E-state index in [1.54, 1.807) is 0 Å². The minimum Gasteiger partial charge on any atom is -0.371 e. The highest BCUT2D eigenvalue weighted by Crippen LogP contribution is 2.61. The number of amides is 1. The Morgan fingerprint density at radius 3 is 1.88 bits per heavy atom. The highest BCUT2D eigenvalue weighted by atomic mass is 16.3. The maximum atomic E-state index is 13.2. The van der Waals surface area contributed by atoms with E-state index >= 15 is 0 Å². The van der Waals surface area contributed by atoms with Crippen LogP contribution in [0.4, 0.5) is 0 Å². The van der Waals surface area contributed by atoms with Gasteiger partial charge >= 0.3 is 0 Å². The van der Waals surface area contributed by atoms with Gasteiger partial charge in [-0.25, -0.2) is 5.01 Å². The lowest BCUT2D eigenvalue weighted by Crippen LogP contribution is -2.42. The molecule has 0 aromatic heterocycles. The van der Waals surface area contributed by atoms with Crippen LogP contribution in [0.1, 0.15) is 47.9 Å². The molecule has 1 aliphatic heterocycles. The van der Waals surface area contributed by atoms with Crippen LogP contribution >= 0.6 is 0 Å². The Labute approximate surface area is 146 Å². The van der Waals surface area contributed by atoms with Gasteiger partial charge in [0.1, 0.15) is 0 Å². The molecule has 126 valence electrons. The van der Waals surface area contributed by atoms with Crippen LogP contribution in [0.25, 0.3) is 0 Å². The largest absolute Gasteiger partial charge is 0.371 e. The van der Waals surface area contributed by atoms with E-state index < -0.39 is 6.23 Å². The molecule has 4 aliphatic rings. The number of carbonyl (C=O) groups is 1. The molecule has 0 saturated carbocycles. The highest BCUT2D eigenvalue weighted by Gasteiger charge is 2.61. The van der Waals surface area contributed by atoms with Gasteiger partial charge in [0.25, 0.3) is 0 Å².